The molecule has 1 atom stereocenters. The maximum atomic E-state index is 13.2. The zero-order valence-corrected chi connectivity index (χ0v) is 15.8. The van der Waals surface area contributed by atoms with Crippen molar-refractivity contribution in [1.29, 1.82) is 0 Å². The summed E-state index contributed by atoms with van der Waals surface area (Å²) in [4.78, 5) is 24.5. The van der Waals surface area contributed by atoms with Crippen molar-refractivity contribution in [3.63, 3.8) is 0 Å². The highest BCUT2D eigenvalue weighted by atomic mass is 79.9. The number of ether oxygens (including phenoxy) is 1. The third-order valence-corrected chi connectivity index (χ3v) is 5.61. The molecule has 0 bridgehead atoms. The molecule has 0 saturated heterocycles. The van der Waals surface area contributed by atoms with E-state index in [1.54, 1.807) is 35.1 Å². The van der Waals surface area contributed by atoms with Gasteiger partial charge in [0.1, 0.15) is 34.4 Å². The minimum atomic E-state index is -0.613. The number of hydrogen-bond donors (Lipinski definition) is 0. The van der Waals surface area contributed by atoms with Crippen LogP contribution in [0.3, 0.4) is 0 Å². The van der Waals surface area contributed by atoms with Crippen molar-refractivity contribution in [3.8, 4) is 11.3 Å². The molecule has 2 heterocycles. The molecule has 3 aromatic rings. The lowest BCUT2D eigenvalue weighted by Gasteiger charge is -2.31. The van der Waals surface area contributed by atoms with Crippen LogP contribution in [0, 0.1) is 5.82 Å². The Hall–Kier alpha value is -3.13. The molecule has 0 fully saturated rings. The fourth-order valence-corrected chi connectivity index (χ4v) is 4.01. The highest BCUT2D eigenvalue weighted by molar-refractivity contribution is 9.12. The van der Waals surface area contributed by atoms with Gasteiger partial charge in [-0.25, -0.2) is 9.07 Å². The highest BCUT2D eigenvalue weighted by Crippen LogP contribution is 2.42. The van der Waals surface area contributed by atoms with Gasteiger partial charge in [-0.05, 0) is 45.8 Å². The lowest BCUT2D eigenvalue weighted by Crippen LogP contribution is -2.30. The van der Waals surface area contributed by atoms with Gasteiger partial charge in [0.15, 0.2) is 0 Å². The Morgan fingerprint density at radius 3 is 2.68 bits per heavy atom. The van der Waals surface area contributed by atoms with E-state index in [0.29, 0.717) is 22.6 Å². The summed E-state index contributed by atoms with van der Waals surface area (Å²) in [6.45, 7) is 0.231. The maximum absolute atomic E-state index is 13.2. The van der Waals surface area contributed by atoms with Gasteiger partial charge in [0.05, 0.1) is 6.20 Å². The molecule has 2 aliphatic rings. The minimum Gasteiger partial charge on any atom is -0.489 e. The molecular formula is C20H11BrFN3O3. The first-order chi connectivity index (χ1) is 13.5. The zero-order valence-electron chi connectivity index (χ0n) is 14.2. The Bertz CT molecular complexity index is 1180. The fourth-order valence-electron chi connectivity index (χ4n) is 3.51. The first-order valence-electron chi connectivity index (χ1n) is 8.47. The van der Waals surface area contributed by atoms with E-state index in [2.05, 4.69) is 26.2 Å². The quantitative estimate of drug-likeness (QED) is 0.571. The molecule has 1 aromatic heterocycles. The van der Waals surface area contributed by atoms with E-state index in [0.717, 1.165) is 11.1 Å². The van der Waals surface area contributed by atoms with Crippen LogP contribution in [0.2, 0.25) is 0 Å². The molecule has 0 amide bonds. The number of benzene rings is 2. The van der Waals surface area contributed by atoms with Gasteiger partial charge in [0.25, 0.3) is 0 Å². The second-order valence-electron chi connectivity index (χ2n) is 6.49. The van der Waals surface area contributed by atoms with E-state index in [-0.39, 0.29) is 22.9 Å². The summed E-state index contributed by atoms with van der Waals surface area (Å²) in [5.41, 5.74) is 3.09. The summed E-state index contributed by atoms with van der Waals surface area (Å²) in [6, 6.07) is 10.9. The van der Waals surface area contributed by atoms with Gasteiger partial charge in [-0.3, -0.25) is 9.59 Å². The minimum absolute atomic E-state index is 0.140. The number of aromatic nitrogens is 3. The first-order valence-corrected chi connectivity index (χ1v) is 9.26. The van der Waals surface area contributed by atoms with Crippen molar-refractivity contribution < 1.29 is 18.7 Å². The van der Waals surface area contributed by atoms with Gasteiger partial charge >= 0.3 is 0 Å². The summed E-state index contributed by atoms with van der Waals surface area (Å²) in [5.74, 6) is -1.12. The summed E-state index contributed by atoms with van der Waals surface area (Å²) in [5, 5.41) is 8.38. The smallest absolute Gasteiger partial charge is 0.244 e. The summed E-state index contributed by atoms with van der Waals surface area (Å²) >= 11 is 3.19. The van der Waals surface area contributed by atoms with Crippen LogP contribution in [-0.2, 0) is 9.53 Å². The summed E-state index contributed by atoms with van der Waals surface area (Å²) in [6.07, 6.45) is 1.75. The Kier molecular flexibility index (Phi) is 3.77. The molecule has 5 rings (SSSR count). The number of allylic oxidation sites excluding steroid dienone is 1. The molecule has 1 unspecified atom stereocenters. The van der Waals surface area contributed by atoms with Gasteiger partial charge in [-0.15, -0.1) is 5.10 Å². The lowest BCUT2D eigenvalue weighted by molar-refractivity contribution is -0.111. The fraction of sp³-hybridized carbons (Fsp3) is 0.100. The predicted octanol–water partition coefficient (Wildman–Crippen LogP) is 3.53. The second-order valence-corrected chi connectivity index (χ2v) is 7.28. The third kappa shape index (κ3) is 2.45. The Balaban J connectivity index is 1.60. The Labute approximate surface area is 166 Å². The van der Waals surface area contributed by atoms with Crippen molar-refractivity contribution in [1.82, 2.24) is 15.0 Å². The third-order valence-electron chi connectivity index (χ3n) is 4.89. The van der Waals surface area contributed by atoms with E-state index in [1.807, 2.05) is 6.07 Å². The van der Waals surface area contributed by atoms with Crippen molar-refractivity contribution in [2.45, 2.75) is 6.04 Å². The molecule has 1 aliphatic carbocycles. The average molecular weight is 440 g/mol. The molecular weight excluding hydrogens is 429 g/mol. The van der Waals surface area contributed by atoms with Crippen molar-refractivity contribution in [2.75, 3.05) is 6.61 Å². The number of carbonyl (C=O) groups excluding carboxylic acids is 2. The van der Waals surface area contributed by atoms with E-state index < -0.39 is 11.6 Å². The second kappa shape index (κ2) is 6.20. The standard InChI is InChI=1S/C20H11BrFN3O3/c21-17-19(27)18(26)13-3-1-2-12-15(9-28-20(17)16(12)13)25-8-14(23-24-25)10-4-6-11(22)7-5-10/h1-8,15H,9H2. The SMILES string of the molecule is O=C1C(=O)c2cccc3c2C(=C1Br)OCC3n1cc(-c2ccc(F)cc2)nn1. The molecule has 138 valence electrons. The van der Waals surface area contributed by atoms with Gasteiger partial charge in [0, 0.05) is 16.7 Å². The molecule has 0 saturated carbocycles. The van der Waals surface area contributed by atoms with Crippen LogP contribution in [0.4, 0.5) is 4.39 Å². The first kappa shape index (κ1) is 17.0. The molecule has 2 aromatic carbocycles. The number of carbonyl (C=O) groups is 2. The monoisotopic (exact) mass is 439 g/mol. The predicted molar refractivity (Wildman–Crippen MR) is 101 cm³/mol. The van der Waals surface area contributed by atoms with Gasteiger partial charge in [-0.2, -0.15) is 0 Å². The summed E-state index contributed by atoms with van der Waals surface area (Å²) < 4.78 is 20.8. The van der Waals surface area contributed by atoms with Crippen LogP contribution >= 0.6 is 15.9 Å². The average Bonchev–Trinajstić information content (AvgIpc) is 3.20. The zero-order chi connectivity index (χ0) is 19.4. The van der Waals surface area contributed by atoms with Crippen LogP contribution < -0.4 is 0 Å². The number of ketones is 2. The van der Waals surface area contributed by atoms with Crippen LogP contribution in [-0.4, -0.2) is 33.2 Å². The van der Waals surface area contributed by atoms with Gasteiger partial charge in [0.2, 0.25) is 11.6 Å². The molecule has 28 heavy (non-hydrogen) atoms. The largest absolute Gasteiger partial charge is 0.489 e. The number of hydrogen-bond acceptors (Lipinski definition) is 5. The van der Waals surface area contributed by atoms with Gasteiger partial charge < -0.3 is 4.74 Å². The molecule has 1 aliphatic heterocycles. The highest BCUT2D eigenvalue weighted by Gasteiger charge is 2.39. The summed E-state index contributed by atoms with van der Waals surface area (Å²) in [7, 11) is 0. The molecule has 8 heteroatoms. The molecule has 0 N–H and O–H groups in total. The van der Waals surface area contributed by atoms with Crippen LogP contribution in [0.5, 0.6) is 0 Å². The maximum Gasteiger partial charge on any atom is 0.244 e. The van der Waals surface area contributed by atoms with E-state index >= 15 is 0 Å². The van der Waals surface area contributed by atoms with Crippen LogP contribution in [0.1, 0.15) is 27.5 Å². The van der Waals surface area contributed by atoms with Crippen molar-refractivity contribution >= 4 is 33.3 Å². The molecule has 0 spiro atoms. The molecule has 6 nitrogen and oxygen atoms in total. The number of nitrogens with zero attached hydrogens (tertiary/aromatic N) is 3. The normalized spacial score (nSPS) is 18.1. The lowest BCUT2D eigenvalue weighted by atomic mass is 9.86. The van der Waals surface area contributed by atoms with E-state index in [1.165, 1.54) is 12.1 Å². The van der Waals surface area contributed by atoms with Gasteiger partial charge in [-0.1, -0.05) is 23.4 Å². The Morgan fingerprint density at radius 2 is 1.89 bits per heavy atom. The van der Waals surface area contributed by atoms with Crippen LogP contribution in [0.15, 0.2) is 53.1 Å². The molecule has 0 radical (unpaired) electrons. The number of rotatable bonds is 2. The Morgan fingerprint density at radius 1 is 1.11 bits per heavy atom. The van der Waals surface area contributed by atoms with Crippen molar-refractivity contribution in [3.05, 3.63) is 75.7 Å². The van der Waals surface area contributed by atoms with E-state index in [9.17, 15) is 14.0 Å². The van der Waals surface area contributed by atoms with E-state index in [4.69, 9.17) is 4.74 Å². The van der Waals surface area contributed by atoms with Crippen molar-refractivity contribution in [2.24, 2.45) is 0 Å². The topological polar surface area (TPSA) is 74.1 Å². The van der Waals surface area contributed by atoms with Crippen LogP contribution in [0.25, 0.3) is 17.0 Å². The number of halogens is 2. The number of Topliss-reactive ketones (excluding diaryl/α,β-unsaturated/α-hetero) is 2.